The molecule has 1 aliphatic carbocycles. The zero-order chi connectivity index (χ0) is 15.2. The van der Waals surface area contributed by atoms with Crippen molar-refractivity contribution in [1.29, 1.82) is 0 Å². The van der Waals surface area contributed by atoms with Crippen molar-refractivity contribution in [3.63, 3.8) is 0 Å². The highest BCUT2D eigenvalue weighted by molar-refractivity contribution is 7.89. The van der Waals surface area contributed by atoms with Crippen molar-refractivity contribution in [1.82, 2.24) is 5.32 Å². The Morgan fingerprint density at radius 3 is 2.76 bits per heavy atom. The molecule has 114 valence electrons. The van der Waals surface area contributed by atoms with Crippen molar-refractivity contribution < 1.29 is 17.9 Å². The lowest BCUT2D eigenvalue weighted by Crippen LogP contribution is -2.33. The average molecular weight is 310 g/mol. The van der Waals surface area contributed by atoms with Crippen LogP contribution in [0, 0.1) is 11.8 Å². The van der Waals surface area contributed by atoms with Gasteiger partial charge in [-0.05, 0) is 30.5 Å². The van der Waals surface area contributed by atoms with Gasteiger partial charge in [0.05, 0.1) is 17.5 Å². The third kappa shape index (κ3) is 2.89. The van der Waals surface area contributed by atoms with E-state index in [0.717, 1.165) is 6.42 Å². The number of carbonyl (C=O) groups excluding carboxylic acids is 1. The normalized spacial score (nSPS) is 27.4. The average Bonchev–Trinajstić information content (AvgIpc) is 3.15. The van der Waals surface area contributed by atoms with Crippen LogP contribution in [0.3, 0.4) is 0 Å². The van der Waals surface area contributed by atoms with Gasteiger partial charge in [0.1, 0.15) is 5.75 Å². The molecule has 1 heterocycles. The van der Waals surface area contributed by atoms with Crippen molar-refractivity contribution in [2.45, 2.75) is 30.7 Å². The predicted octanol–water partition coefficient (Wildman–Crippen LogP) is 0.930. The number of ether oxygens (including phenoxy) is 1. The van der Waals surface area contributed by atoms with Crippen molar-refractivity contribution >= 4 is 15.9 Å². The third-order valence-corrected chi connectivity index (χ3v) is 5.02. The maximum absolute atomic E-state index is 12.1. The van der Waals surface area contributed by atoms with Gasteiger partial charge in [0.25, 0.3) is 0 Å². The van der Waals surface area contributed by atoms with Gasteiger partial charge in [0.15, 0.2) is 0 Å². The van der Waals surface area contributed by atoms with Crippen LogP contribution in [0.15, 0.2) is 23.1 Å². The van der Waals surface area contributed by atoms with Gasteiger partial charge in [0.2, 0.25) is 15.9 Å². The molecule has 1 saturated carbocycles. The van der Waals surface area contributed by atoms with E-state index < -0.39 is 10.0 Å². The Morgan fingerprint density at radius 1 is 1.43 bits per heavy atom. The largest absolute Gasteiger partial charge is 0.493 e. The fourth-order valence-electron chi connectivity index (χ4n) is 2.67. The smallest absolute Gasteiger partial charge is 0.238 e. The summed E-state index contributed by atoms with van der Waals surface area (Å²) in [7, 11) is -3.77. The first-order valence-corrected chi connectivity index (χ1v) is 8.51. The lowest BCUT2D eigenvalue weighted by molar-refractivity contribution is -0.123. The highest BCUT2D eigenvalue weighted by Gasteiger charge is 2.40. The van der Waals surface area contributed by atoms with Crippen molar-refractivity contribution in [2.75, 3.05) is 6.61 Å². The summed E-state index contributed by atoms with van der Waals surface area (Å²) in [5.41, 5.74) is 0.675. The Kier molecular flexibility index (Phi) is 3.41. The second-order valence-electron chi connectivity index (χ2n) is 5.76. The number of hydrogen-bond donors (Lipinski definition) is 2. The fourth-order valence-corrected chi connectivity index (χ4v) is 3.21. The van der Waals surface area contributed by atoms with Crippen LogP contribution in [0.4, 0.5) is 0 Å². The molecular weight excluding hydrogens is 292 g/mol. The van der Waals surface area contributed by atoms with Gasteiger partial charge in [-0.3, -0.25) is 4.79 Å². The molecule has 1 fully saturated rings. The lowest BCUT2D eigenvalue weighted by Gasteiger charge is -2.27. The Labute approximate surface area is 123 Å². The fraction of sp³-hybridized carbons (Fsp3) is 0.500. The highest BCUT2D eigenvalue weighted by Crippen LogP contribution is 2.39. The number of rotatable bonds is 3. The van der Waals surface area contributed by atoms with Crippen molar-refractivity contribution in [3.8, 4) is 5.75 Å². The van der Waals surface area contributed by atoms with E-state index in [1.807, 2.05) is 6.92 Å². The summed E-state index contributed by atoms with van der Waals surface area (Å²) in [6.07, 6.45) is 1.53. The monoisotopic (exact) mass is 310 g/mol. The SMILES string of the molecule is CC1CC1C(=O)NC1CCOc2ccc(S(N)(=O)=O)cc21. The number of amides is 1. The van der Waals surface area contributed by atoms with Crippen LogP contribution in [0.1, 0.15) is 31.4 Å². The first kappa shape index (κ1) is 14.3. The summed E-state index contributed by atoms with van der Waals surface area (Å²) in [5, 5.41) is 8.15. The van der Waals surface area contributed by atoms with E-state index >= 15 is 0 Å². The van der Waals surface area contributed by atoms with Gasteiger partial charge in [-0.15, -0.1) is 0 Å². The Hall–Kier alpha value is -1.60. The number of primary sulfonamides is 1. The van der Waals surface area contributed by atoms with E-state index in [-0.39, 0.29) is 22.8 Å². The van der Waals surface area contributed by atoms with Gasteiger partial charge >= 0.3 is 0 Å². The first-order chi connectivity index (χ1) is 9.86. The van der Waals surface area contributed by atoms with Crippen molar-refractivity contribution in [2.24, 2.45) is 17.0 Å². The van der Waals surface area contributed by atoms with Crippen LogP contribution in [0.5, 0.6) is 5.75 Å². The van der Waals surface area contributed by atoms with Gasteiger partial charge in [-0.2, -0.15) is 0 Å². The molecule has 3 unspecified atom stereocenters. The van der Waals surface area contributed by atoms with Gasteiger partial charge in [-0.1, -0.05) is 6.92 Å². The second-order valence-corrected chi connectivity index (χ2v) is 7.32. The van der Waals surface area contributed by atoms with E-state index in [2.05, 4.69) is 5.32 Å². The number of benzene rings is 1. The van der Waals surface area contributed by atoms with Gasteiger partial charge < -0.3 is 10.1 Å². The molecule has 3 rings (SSSR count). The molecule has 6 nitrogen and oxygen atoms in total. The molecule has 0 saturated heterocycles. The van der Waals surface area contributed by atoms with Crippen LogP contribution in [-0.4, -0.2) is 20.9 Å². The van der Waals surface area contributed by atoms with Crippen LogP contribution < -0.4 is 15.2 Å². The molecule has 0 bridgehead atoms. The third-order valence-electron chi connectivity index (χ3n) is 4.11. The van der Waals surface area contributed by atoms with Crippen LogP contribution in [0.2, 0.25) is 0 Å². The molecule has 1 aromatic rings. The zero-order valence-corrected chi connectivity index (χ0v) is 12.5. The van der Waals surface area contributed by atoms with E-state index in [1.54, 1.807) is 6.07 Å². The molecule has 2 aliphatic rings. The molecular formula is C14H18N2O4S. The van der Waals surface area contributed by atoms with Crippen LogP contribution in [-0.2, 0) is 14.8 Å². The molecule has 1 aliphatic heterocycles. The van der Waals surface area contributed by atoms with Crippen molar-refractivity contribution in [3.05, 3.63) is 23.8 Å². The first-order valence-electron chi connectivity index (χ1n) is 6.96. The topological polar surface area (TPSA) is 98.5 Å². The maximum Gasteiger partial charge on any atom is 0.238 e. The van der Waals surface area contributed by atoms with E-state index in [1.165, 1.54) is 12.1 Å². The lowest BCUT2D eigenvalue weighted by atomic mass is 10.0. The summed E-state index contributed by atoms with van der Waals surface area (Å²) in [6.45, 7) is 2.54. The standard InChI is InChI=1S/C14H18N2O4S/c1-8-6-10(8)14(17)16-12-4-5-20-13-3-2-9(7-11(12)13)21(15,18)19/h2-3,7-8,10,12H,4-6H2,1H3,(H,16,17)(H2,15,18,19). The summed E-state index contributed by atoms with van der Waals surface area (Å²) in [5.74, 6) is 1.14. The maximum atomic E-state index is 12.1. The number of hydrogen-bond acceptors (Lipinski definition) is 4. The zero-order valence-electron chi connectivity index (χ0n) is 11.7. The summed E-state index contributed by atoms with van der Waals surface area (Å²) in [4.78, 5) is 12.1. The number of nitrogens with two attached hydrogens (primary N) is 1. The molecule has 3 N–H and O–H groups in total. The number of sulfonamides is 1. The molecule has 21 heavy (non-hydrogen) atoms. The predicted molar refractivity (Wildman–Crippen MR) is 76.1 cm³/mol. The second kappa shape index (κ2) is 4.99. The molecule has 7 heteroatoms. The van der Waals surface area contributed by atoms with Gasteiger partial charge in [-0.25, -0.2) is 13.6 Å². The number of carbonyl (C=O) groups is 1. The Balaban J connectivity index is 1.87. The summed E-state index contributed by atoms with van der Waals surface area (Å²) >= 11 is 0. The Morgan fingerprint density at radius 2 is 2.14 bits per heavy atom. The minimum atomic E-state index is -3.77. The molecule has 0 aromatic heterocycles. The number of fused-ring (bicyclic) bond motifs is 1. The van der Waals surface area contributed by atoms with Crippen LogP contribution in [0.25, 0.3) is 0 Å². The minimum absolute atomic E-state index is 0.0290. The molecule has 0 spiro atoms. The summed E-state index contributed by atoms with van der Waals surface area (Å²) in [6, 6.07) is 4.27. The van der Waals surface area contributed by atoms with Gasteiger partial charge in [0, 0.05) is 17.9 Å². The van der Waals surface area contributed by atoms with E-state index in [4.69, 9.17) is 9.88 Å². The summed E-state index contributed by atoms with van der Waals surface area (Å²) < 4.78 is 28.4. The Bertz CT molecular complexity index is 686. The highest BCUT2D eigenvalue weighted by atomic mass is 32.2. The molecule has 3 atom stereocenters. The van der Waals surface area contributed by atoms with E-state index in [9.17, 15) is 13.2 Å². The quantitative estimate of drug-likeness (QED) is 0.867. The molecule has 0 radical (unpaired) electrons. The number of nitrogens with one attached hydrogen (secondary N) is 1. The minimum Gasteiger partial charge on any atom is -0.493 e. The van der Waals surface area contributed by atoms with Crippen LogP contribution >= 0.6 is 0 Å². The molecule has 1 amide bonds. The molecule has 1 aromatic carbocycles. The van der Waals surface area contributed by atoms with E-state index in [0.29, 0.717) is 30.3 Å².